The SMILES string of the molecule is O=C(NO)c1ccc(-c2csc(NCc3ccccc3)n2)s1. The van der Waals surface area contributed by atoms with Gasteiger partial charge in [0.2, 0.25) is 0 Å². The van der Waals surface area contributed by atoms with Crippen molar-refractivity contribution in [3.05, 3.63) is 58.3 Å². The Hall–Kier alpha value is -2.22. The number of carbonyl (C=O) groups excluding carboxylic acids is 1. The molecular formula is C15H13N3O2S2. The summed E-state index contributed by atoms with van der Waals surface area (Å²) in [5.74, 6) is -0.506. The van der Waals surface area contributed by atoms with Crippen LogP contribution < -0.4 is 10.8 Å². The Labute approximate surface area is 135 Å². The Balaban J connectivity index is 1.68. The highest BCUT2D eigenvalue weighted by molar-refractivity contribution is 7.18. The summed E-state index contributed by atoms with van der Waals surface area (Å²) in [7, 11) is 0. The number of carbonyl (C=O) groups is 1. The van der Waals surface area contributed by atoms with Crippen LogP contribution in [0, 0.1) is 0 Å². The van der Waals surface area contributed by atoms with Crippen LogP contribution >= 0.6 is 22.7 Å². The molecule has 0 spiro atoms. The van der Waals surface area contributed by atoms with Crippen molar-refractivity contribution in [2.24, 2.45) is 0 Å². The average Bonchev–Trinajstić information content (AvgIpc) is 3.22. The molecule has 3 rings (SSSR count). The highest BCUT2D eigenvalue weighted by Gasteiger charge is 2.11. The second kappa shape index (κ2) is 6.69. The molecule has 5 nitrogen and oxygen atoms in total. The van der Waals surface area contributed by atoms with Crippen molar-refractivity contribution >= 4 is 33.7 Å². The molecule has 0 radical (unpaired) electrons. The molecule has 0 aliphatic rings. The molecule has 2 aromatic heterocycles. The monoisotopic (exact) mass is 331 g/mol. The van der Waals surface area contributed by atoms with E-state index in [-0.39, 0.29) is 0 Å². The average molecular weight is 331 g/mol. The smallest absolute Gasteiger partial charge is 0.284 e. The Morgan fingerprint density at radius 3 is 2.77 bits per heavy atom. The van der Waals surface area contributed by atoms with Crippen molar-refractivity contribution in [3.63, 3.8) is 0 Å². The molecule has 0 atom stereocenters. The Bertz CT molecular complexity index is 768. The third kappa shape index (κ3) is 3.33. The molecule has 0 bridgehead atoms. The summed E-state index contributed by atoms with van der Waals surface area (Å²) in [6.45, 7) is 0.719. The van der Waals surface area contributed by atoms with Gasteiger partial charge in [0.25, 0.3) is 5.91 Å². The number of hydrogen-bond donors (Lipinski definition) is 3. The lowest BCUT2D eigenvalue weighted by Crippen LogP contribution is -2.16. The normalized spacial score (nSPS) is 10.4. The molecule has 0 aliphatic heterocycles. The van der Waals surface area contributed by atoms with E-state index in [4.69, 9.17) is 5.21 Å². The van der Waals surface area contributed by atoms with E-state index in [1.54, 1.807) is 11.5 Å². The third-order valence-electron chi connectivity index (χ3n) is 2.97. The van der Waals surface area contributed by atoms with E-state index in [1.807, 2.05) is 29.6 Å². The number of thiazole rings is 1. The number of amides is 1. The van der Waals surface area contributed by atoms with Gasteiger partial charge in [-0.15, -0.1) is 22.7 Å². The summed E-state index contributed by atoms with van der Waals surface area (Å²) >= 11 is 2.81. The van der Waals surface area contributed by atoms with E-state index in [0.717, 1.165) is 22.2 Å². The zero-order chi connectivity index (χ0) is 15.4. The molecule has 112 valence electrons. The molecule has 0 fully saturated rings. The first-order valence-corrected chi connectivity index (χ1v) is 8.24. The van der Waals surface area contributed by atoms with Crippen molar-refractivity contribution < 1.29 is 10.0 Å². The van der Waals surface area contributed by atoms with Crippen LogP contribution in [0.15, 0.2) is 47.8 Å². The number of aromatic nitrogens is 1. The topological polar surface area (TPSA) is 74.2 Å². The predicted octanol–water partition coefficient (Wildman–Crippen LogP) is 3.60. The van der Waals surface area contributed by atoms with Crippen LogP contribution in [0.25, 0.3) is 10.6 Å². The molecule has 1 amide bonds. The standard InChI is InChI=1S/C15H13N3O2S2/c19-14(18-20)13-7-6-12(22-13)11-9-21-15(17-11)16-8-10-4-2-1-3-5-10/h1-7,9,20H,8H2,(H,16,17)(H,18,19). The predicted molar refractivity (Wildman–Crippen MR) is 88.4 cm³/mol. The largest absolute Gasteiger partial charge is 0.357 e. The molecule has 0 unspecified atom stereocenters. The Kier molecular flexibility index (Phi) is 4.47. The van der Waals surface area contributed by atoms with Crippen LogP contribution in [0.3, 0.4) is 0 Å². The van der Waals surface area contributed by atoms with Gasteiger partial charge in [0.1, 0.15) is 0 Å². The number of nitrogens with zero attached hydrogens (tertiary/aromatic N) is 1. The van der Waals surface area contributed by atoms with E-state index >= 15 is 0 Å². The van der Waals surface area contributed by atoms with Gasteiger partial charge in [0, 0.05) is 11.9 Å². The van der Waals surface area contributed by atoms with Gasteiger partial charge in [0.15, 0.2) is 5.13 Å². The molecular weight excluding hydrogens is 318 g/mol. The fourth-order valence-corrected chi connectivity index (χ4v) is 3.53. The number of anilines is 1. The second-order valence-electron chi connectivity index (χ2n) is 4.48. The van der Waals surface area contributed by atoms with Gasteiger partial charge >= 0.3 is 0 Å². The number of benzene rings is 1. The fourth-order valence-electron chi connectivity index (χ4n) is 1.89. The fraction of sp³-hybridized carbons (Fsp3) is 0.0667. The first-order chi connectivity index (χ1) is 10.8. The van der Waals surface area contributed by atoms with Crippen molar-refractivity contribution in [2.45, 2.75) is 6.54 Å². The first kappa shape index (κ1) is 14.7. The van der Waals surface area contributed by atoms with E-state index in [1.165, 1.54) is 28.2 Å². The molecule has 0 saturated heterocycles. The van der Waals surface area contributed by atoms with E-state index in [0.29, 0.717) is 4.88 Å². The van der Waals surface area contributed by atoms with Crippen LogP contribution in [-0.4, -0.2) is 16.1 Å². The van der Waals surface area contributed by atoms with Crippen LogP contribution in [0.4, 0.5) is 5.13 Å². The molecule has 7 heteroatoms. The summed E-state index contributed by atoms with van der Waals surface area (Å²) in [5, 5.41) is 14.7. The molecule has 3 aromatic rings. The molecule has 1 aromatic carbocycles. The lowest BCUT2D eigenvalue weighted by molar-refractivity contribution is 0.0711. The Morgan fingerprint density at radius 1 is 1.18 bits per heavy atom. The summed E-state index contributed by atoms with van der Waals surface area (Å²) in [6.07, 6.45) is 0. The maximum absolute atomic E-state index is 11.3. The minimum atomic E-state index is -0.506. The van der Waals surface area contributed by atoms with Crippen molar-refractivity contribution in [1.82, 2.24) is 10.5 Å². The first-order valence-electron chi connectivity index (χ1n) is 6.54. The maximum Gasteiger partial charge on any atom is 0.284 e. The minimum absolute atomic E-state index is 0.448. The number of nitrogens with one attached hydrogen (secondary N) is 2. The molecule has 0 saturated carbocycles. The van der Waals surface area contributed by atoms with Gasteiger partial charge in [-0.3, -0.25) is 10.0 Å². The lowest BCUT2D eigenvalue weighted by Gasteiger charge is -2.01. The summed E-state index contributed by atoms with van der Waals surface area (Å²) in [5.41, 5.74) is 3.64. The highest BCUT2D eigenvalue weighted by atomic mass is 32.1. The molecule has 3 N–H and O–H groups in total. The second-order valence-corrected chi connectivity index (χ2v) is 6.42. The highest BCUT2D eigenvalue weighted by Crippen LogP contribution is 2.30. The number of hydrogen-bond acceptors (Lipinski definition) is 6. The van der Waals surface area contributed by atoms with Gasteiger partial charge in [-0.1, -0.05) is 30.3 Å². The van der Waals surface area contributed by atoms with Crippen LogP contribution in [0.1, 0.15) is 15.2 Å². The van der Waals surface area contributed by atoms with Crippen molar-refractivity contribution in [2.75, 3.05) is 5.32 Å². The zero-order valence-corrected chi connectivity index (χ0v) is 13.1. The number of rotatable bonds is 5. The van der Waals surface area contributed by atoms with Gasteiger partial charge in [-0.25, -0.2) is 10.5 Å². The van der Waals surface area contributed by atoms with Gasteiger partial charge < -0.3 is 5.32 Å². The van der Waals surface area contributed by atoms with Crippen LogP contribution in [-0.2, 0) is 6.54 Å². The molecule has 22 heavy (non-hydrogen) atoms. The van der Waals surface area contributed by atoms with Crippen LogP contribution in [0.2, 0.25) is 0 Å². The number of hydroxylamine groups is 1. The van der Waals surface area contributed by atoms with Gasteiger partial charge in [-0.05, 0) is 17.7 Å². The zero-order valence-electron chi connectivity index (χ0n) is 11.4. The van der Waals surface area contributed by atoms with E-state index in [2.05, 4.69) is 22.4 Å². The van der Waals surface area contributed by atoms with Gasteiger partial charge in [0.05, 0.1) is 15.4 Å². The molecule has 2 heterocycles. The quantitative estimate of drug-likeness (QED) is 0.493. The van der Waals surface area contributed by atoms with Crippen molar-refractivity contribution in [3.8, 4) is 10.6 Å². The summed E-state index contributed by atoms with van der Waals surface area (Å²) in [6, 6.07) is 13.6. The maximum atomic E-state index is 11.3. The van der Waals surface area contributed by atoms with Crippen molar-refractivity contribution in [1.29, 1.82) is 0 Å². The number of thiophene rings is 1. The minimum Gasteiger partial charge on any atom is -0.357 e. The summed E-state index contributed by atoms with van der Waals surface area (Å²) < 4.78 is 0. The summed E-state index contributed by atoms with van der Waals surface area (Å²) in [4.78, 5) is 17.2. The third-order valence-corrected chi connectivity index (χ3v) is 4.88. The lowest BCUT2D eigenvalue weighted by atomic mass is 10.2. The van der Waals surface area contributed by atoms with E-state index in [9.17, 15) is 4.79 Å². The molecule has 0 aliphatic carbocycles. The van der Waals surface area contributed by atoms with Crippen LogP contribution in [0.5, 0.6) is 0 Å². The Morgan fingerprint density at radius 2 is 2.00 bits per heavy atom. The van der Waals surface area contributed by atoms with Gasteiger partial charge in [-0.2, -0.15) is 0 Å². The van der Waals surface area contributed by atoms with E-state index < -0.39 is 5.91 Å².